The average molecular weight is 381 g/mol. The Morgan fingerprint density at radius 1 is 1.11 bits per heavy atom. The van der Waals surface area contributed by atoms with E-state index in [0.29, 0.717) is 17.0 Å². The number of primary amides is 1. The van der Waals surface area contributed by atoms with Gasteiger partial charge in [-0.15, -0.1) is 0 Å². The number of carbonyl (C=O) groups excluding carboxylic acids is 2. The molecular weight excluding hydrogens is 354 g/mol. The predicted molar refractivity (Wildman–Crippen MR) is 111 cm³/mol. The highest BCUT2D eigenvalue weighted by atomic mass is 16.5. The summed E-state index contributed by atoms with van der Waals surface area (Å²) in [5.74, 6) is -0.232. The van der Waals surface area contributed by atoms with Crippen LogP contribution in [0.3, 0.4) is 0 Å². The van der Waals surface area contributed by atoms with Crippen LogP contribution in [0.25, 0.3) is 0 Å². The van der Waals surface area contributed by atoms with E-state index in [4.69, 9.17) is 10.5 Å². The zero-order valence-corrected chi connectivity index (χ0v) is 16.5. The predicted octanol–water partition coefficient (Wildman–Crippen LogP) is 3.41. The summed E-state index contributed by atoms with van der Waals surface area (Å²) in [6.07, 6.45) is 3.51. The molecule has 0 aromatic heterocycles. The molecule has 1 heterocycles. The molecule has 1 aliphatic heterocycles. The van der Waals surface area contributed by atoms with Gasteiger partial charge in [0.1, 0.15) is 5.75 Å². The second-order valence-electron chi connectivity index (χ2n) is 7.18. The van der Waals surface area contributed by atoms with Crippen LogP contribution in [0.5, 0.6) is 5.75 Å². The van der Waals surface area contributed by atoms with Crippen molar-refractivity contribution < 1.29 is 14.3 Å². The van der Waals surface area contributed by atoms with Crippen molar-refractivity contribution in [1.29, 1.82) is 0 Å². The second-order valence-corrected chi connectivity index (χ2v) is 7.18. The van der Waals surface area contributed by atoms with Gasteiger partial charge in [0.25, 0.3) is 11.8 Å². The molecule has 0 bridgehead atoms. The third-order valence-corrected chi connectivity index (χ3v) is 5.18. The Bertz CT molecular complexity index is 873. The number of piperidine rings is 1. The maximum Gasteiger partial charge on any atom is 0.262 e. The first-order valence-corrected chi connectivity index (χ1v) is 9.63. The summed E-state index contributed by atoms with van der Waals surface area (Å²) in [7, 11) is 0. The molecular formula is C22H27N3O3. The number of hydrogen-bond donors (Lipinski definition) is 2. The standard InChI is InChI=1S/C22H27N3O3/c1-15-7-6-8-20(16(15)2)28-14-21(26)24-19-10-9-17(13-18(19)22(23)27)25-11-4-3-5-12-25/h6-10,13H,3-5,11-12,14H2,1-2H3,(H2,23,27)(H,24,26). The molecule has 0 spiro atoms. The highest BCUT2D eigenvalue weighted by molar-refractivity contribution is 6.04. The van der Waals surface area contributed by atoms with Crippen molar-refractivity contribution in [2.24, 2.45) is 5.73 Å². The summed E-state index contributed by atoms with van der Waals surface area (Å²) in [5, 5.41) is 2.74. The number of nitrogens with two attached hydrogens (primary N) is 1. The minimum Gasteiger partial charge on any atom is -0.483 e. The van der Waals surface area contributed by atoms with E-state index in [0.717, 1.165) is 42.7 Å². The average Bonchev–Trinajstić information content (AvgIpc) is 2.70. The molecule has 1 aliphatic rings. The topological polar surface area (TPSA) is 84.7 Å². The van der Waals surface area contributed by atoms with Gasteiger partial charge in [0, 0.05) is 18.8 Å². The Morgan fingerprint density at radius 3 is 2.57 bits per heavy atom. The van der Waals surface area contributed by atoms with Crippen molar-refractivity contribution >= 4 is 23.2 Å². The molecule has 0 atom stereocenters. The van der Waals surface area contributed by atoms with Crippen molar-refractivity contribution in [3.05, 3.63) is 53.1 Å². The van der Waals surface area contributed by atoms with Crippen LogP contribution in [-0.2, 0) is 4.79 Å². The van der Waals surface area contributed by atoms with Gasteiger partial charge < -0.3 is 20.7 Å². The van der Waals surface area contributed by atoms with Crippen LogP contribution >= 0.6 is 0 Å². The number of benzene rings is 2. The Balaban J connectivity index is 1.69. The van der Waals surface area contributed by atoms with Crippen LogP contribution in [0.4, 0.5) is 11.4 Å². The lowest BCUT2D eigenvalue weighted by molar-refractivity contribution is -0.118. The molecule has 1 fully saturated rings. The lowest BCUT2D eigenvalue weighted by atomic mass is 10.1. The number of anilines is 2. The van der Waals surface area contributed by atoms with Crippen LogP contribution in [0.2, 0.25) is 0 Å². The molecule has 28 heavy (non-hydrogen) atoms. The number of ether oxygens (including phenoxy) is 1. The van der Waals surface area contributed by atoms with Gasteiger partial charge in [-0.2, -0.15) is 0 Å². The van der Waals surface area contributed by atoms with Gasteiger partial charge in [0.2, 0.25) is 0 Å². The summed E-state index contributed by atoms with van der Waals surface area (Å²) in [5.41, 5.74) is 9.32. The Morgan fingerprint density at radius 2 is 1.86 bits per heavy atom. The normalized spacial score (nSPS) is 13.9. The number of carbonyl (C=O) groups is 2. The molecule has 0 unspecified atom stereocenters. The maximum atomic E-state index is 12.3. The fraction of sp³-hybridized carbons (Fsp3) is 0.364. The minimum absolute atomic E-state index is 0.142. The molecule has 148 valence electrons. The van der Waals surface area contributed by atoms with E-state index in [1.807, 2.05) is 38.1 Å². The van der Waals surface area contributed by atoms with E-state index in [-0.39, 0.29) is 12.5 Å². The van der Waals surface area contributed by atoms with Crippen LogP contribution in [0.15, 0.2) is 36.4 Å². The number of rotatable bonds is 6. The molecule has 2 aromatic rings. The van der Waals surface area contributed by atoms with Gasteiger partial charge in [-0.05, 0) is 68.5 Å². The highest BCUT2D eigenvalue weighted by Gasteiger charge is 2.17. The van der Waals surface area contributed by atoms with Gasteiger partial charge in [0.15, 0.2) is 6.61 Å². The number of nitrogens with zero attached hydrogens (tertiary/aromatic N) is 1. The van der Waals surface area contributed by atoms with E-state index in [2.05, 4.69) is 10.2 Å². The third-order valence-electron chi connectivity index (χ3n) is 5.18. The molecule has 0 radical (unpaired) electrons. The molecule has 3 rings (SSSR count). The third kappa shape index (κ3) is 4.63. The van der Waals surface area contributed by atoms with E-state index >= 15 is 0 Å². The molecule has 1 saturated heterocycles. The summed E-state index contributed by atoms with van der Waals surface area (Å²) in [4.78, 5) is 26.5. The fourth-order valence-corrected chi connectivity index (χ4v) is 3.40. The van der Waals surface area contributed by atoms with Crippen molar-refractivity contribution in [3.8, 4) is 5.75 Å². The summed E-state index contributed by atoms with van der Waals surface area (Å²) in [6, 6.07) is 11.1. The van der Waals surface area contributed by atoms with Gasteiger partial charge in [-0.25, -0.2) is 0 Å². The number of nitrogens with one attached hydrogen (secondary N) is 1. The lowest BCUT2D eigenvalue weighted by Gasteiger charge is -2.29. The van der Waals surface area contributed by atoms with Crippen LogP contribution in [0, 0.1) is 13.8 Å². The van der Waals surface area contributed by atoms with Crippen molar-refractivity contribution in [2.45, 2.75) is 33.1 Å². The highest BCUT2D eigenvalue weighted by Crippen LogP contribution is 2.26. The van der Waals surface area contributed by atoms with E-state index < -0.39 is 5.91 Å². The Kier molecular flexibility index (Phi) is 6.19. The summed E-state index contributed by atoms with van der Waals surface area (Å²) in [6.45, 7) is 5.73. The quantitative estimate of drug-likeness (QED) is 0.803. The van der Waals surface area contributed by atoms with E-state index in [1.54, 1.807) is 12.1 Å². The number of amides is 2. The zero-order valence-electron chi connectivity index (χ0n) is 16.5. The molecule has 2 amide bonds. The molecule has 6 nitrogen and oxygen atoms in total. The van der Waals surface area contributed by atoms with Crippen molar-refractivity contribution in [2.75, 3.05) is 29.9 Å². The largest absolute Gasteiger partial charge is 0.483 e. The summed E-state index contributed by atoms with van der Waals surface area (Å²) >= 11 is 0. The van der Waals surface area contributed by atoms with Gasteiger partial charge in [0.05, 0.1) is 11.3 Å². The fourth-order valence-electron chi connectivity index (χ4n) is 3.40. The van der Waals surface area contributed by atoms with E-state index in [1.165, 1.54) is 6.42 Å². The van der Waals surface area contributed by atoms with Crippen molar-refractivity contribution in [1.82, 2.24) is 0 Å². The maximum absolute atomic E-state index is 12.3. The minimum atomic E-state index is -0.565. The second kappa shape index (κ2) is 8.78. The molecule has 6 heteroatoms. The molecule has 0 saturated carbocycles. The molecule has 3 N–H and O–H groups in total. The van der Waals surface area contributed by atoms with Crippen LogP contribution in [0.1, 0.15) is 40.7 Å². The number of aryl methyl sites for hydroxylation is 1. The zero-order chi connectivity index (χ0) is 20.1. The lowest BCUT2D eigenvalue weighted by Crippen LogP contribution is -2.30. The van der Waals surface area contributed by atoms with Crippen LogP contribution in [-0.4, -0.2) is 31.5 Å². The Hall–Kier alpha value is -3.02. The van der Waals surface area contributed by atoms with Gasteiger partial charge in [-0.3, -0.25) is 9.59 Å². The first-order valence-electron chi connectivity index (χ1n) is 9.63. The van der Waals surface area contributed by atoms with Crippen LogP contribution < -0.4 is 20.7 Å². The molecule has 0 aliphatic carbocycles. The smallest absolute Gasteiger partial charge is 0.262 e. The summed E-state index contributed by atoms with van der Waals surface area (Å²) < 4.78 is 5.63. The Labute approximate surface area is 165 Å². The van der Waals surface area contributed by atoms with Gasteiger partial charge >= 0.3 is 0 Å². The van der Waals surface area contributed by atoms with E-state index in [9.17, 15) is 9.59 Å². The SMILES string of the molecule is Cc1cccc(OCC(=O)Nc2ccc(N3CCCCC3)cc2C(N)=O)c1C. The number of hydrogen-bond acceptors (Lipinski definition) is 4. The molecule has 2 aromatic carbocycles. The van der Waals surface area contributed by atoms with Gasteiger partial charge in [-0.1, -0.05) is 12.1 Å². The van der Waals surface area contributed by atoms with Crippen molar-refractivity contribution in [3.63, 3.8) is 0 Å². The monoisotopic (exact) mass is 381 g/mol. The first kappa shape index (κ1) is 19.7. The first-order chi connectivity index (χ1) is 13.5.